The quantitative estimate of drug-likeness (QED) is 0.737. The molecule has 1 aromatic carbocycles. The van der Waals surface area contributed by atoms with E-state index >= 15 is 0 Å². The van der Waals surface area contributed by atoms with E-state index in [1.165, 1.54) is 5.56 Å². The summed E-state index contributed by atoms with van der Waals surface area (Å²) in [6.45, 7) is 4.93. The van der Waals surface area contributed by atoms with Crippen molar-refractivity contribution in [3.05, 3.63) is 52.6 Å². The summed E-state index contributed by atoms with van der Waals surface area (Å²) in [4.78, 5) is 11.6. The molecular weight excluding hydrogens is 370 g/mol. The molecule has 0 bridgehead atoms. The zero-order chi connectivity index (χ0) is 17.2. The van der Waals surface area contributed by atoms with Gasteiger partial charge in [-0.3, -0.25) is 4.90 Å². The highest BCUT2D eigenvalue weighted by Gasteiger charge is 2.25. The van der Waals surface area contributed by atoms with Crippen molar-refractivity contribution in [1.29, 1.82) is 0 Å². The van der Waals surface area contributed by atoms with E-state index in [0.29, 0.717) is 12.3 Å². The molecule has 0 amide bonds. The zero-order valence-corrected chi connectivity index (χ0v) is 16.4. The number of nitrogens with one attached hydrogen (secondary N) is 1. The second-order valence-corrected chi connectivity index (χ2v) is 7.30. The Morgan fingerprint density at radius 3 is 3.04 bits per heavy atom. The monoisotopic (exact) mass is 391 g/mol. The van der Waals surface area contributed by atoms with Gasteiger partial charge in [-0.05, 0) is 20.0 Å². The van der Waals surface area contributed by atoms with Gasteiger partial charge < -0.3 is 9.84 Å². The Bertz CT molecular complexity index is 865. The van der Waals surface area contributed by atoms with Crippen molar-refractivity contribution >= 4 is 23.7 Å². The number of aryl methyl sites for hydroxylation is 1. The average Bonchev–Trinajstić information content (AvgIpc) is 3.25. The molecule has 1 fully saturated rings. The van der Waals surface area contributed by atoms with Crippen molar-refractivity contribution in [2.45, 2.75) is 19.4 Å². The first-order valence-corrected chi connectivity index (χ1v) is 9.32. The third-order valence-corrected chi connectivity index (χ3v) is 5.38. The molecule has 4 rings (SSSR count). The van der Waals surface area contributed by atoms with Crippen molar-refractivity contribution in [3.63, 3.8) is 0 Å². The van der Waals surface area contributed by atoms with E-state index in [4.69, 9.17) is 9.51 Å². The van der Waals surface area contributed by atoms with Gasteiger partial charge in [0.25, 0.3) is 0 Å². The lowest BCUT2D eigenvalue weighted by atomic mass is 10.1. The summed E-state index contributed by atoms with van der Waals surface area (Å²) >= 11 is 1.65. The van der Waals surface area contributed by atoms with Crippen molar-refractivity contribution in [2.24, 2.45) is 0 Å². The van der Waals surface area contributed by atoms with E-state index in [1.807, 2.05) is 0 Å². The van der Waals surface area contributed by atoms with Gasteiger partial charge in [0.1, 0.15) is 5.01 Å². The molecule has 0 radical (unpaired) electrons. The number of hydrogen-bond donors (Lipinski definition) is 1. The molecular formula is C18H22ClN5OS. The molecule has 26 heavy (non-hydrogen) atoms. The van der Waals surface area contributed by atoms with Crippen molar-refractivity contribution in [1.82, 2.24) is 25.3 Å². The first kappa shape index (κ1) is 19.0. The Hall–Kier alpha value is -1.80. The summed E-state index contributed by atoms with van der Waals surface area (Å²) in [6, 6.07) is 8.57. The minimum absolute atomic E-state index is 0. The molecule has 1 unspecified atom stereocenters. The van der Waals surface area contributed by atoms with Crippen LogP contribution in [0.3, 0.4) is 0 Å². The lowest BCUT2D eigenvalue weighted by Gasteiger charge is -2.30. The predicted octanol–water partition coefficient (Wildman–Crippen LogP) is 3.09. The smallest absolute Gasteiger partial charge is 0.232 e. The lowest BCUT2D eigenvalue weighted by Crippen LogP contribution is -2.44. The molecule has 0 saturated carbocycles. The molecule has 6 nitrogen and oxygen atoms in total. The predicted molar refractivity (Wildman–Crippen MR) is 105 cm³/mol. The molecule has 8 heteroatoms. The molecule has 1 N–H and O–H groups in total. The molecule has 0 spiro atoms. The Kier molecular flexibility index (Phi) is 6.03. The number of hydrogen-bond acceptors (Lipinski definition) is 7. The van der Waals surface area contributed by atoms with E-state index in [9.17, 15) is 0 Å². The fourth-order valence-corrected chi connectivity index (χ4v) is 3.84. The summed E-state index contributed by atoms with van der Waals surface area (Å²) < 4.78 is 5.45. The largest absolute Gasteiger partial charge is 0.339 e. The lowest BCUT2D eigenvalue weighted by molar-refractivity contribution is 0.190. The van der Waals surface area contributed by atoms with Gasteiger partial charge in [-0.25, -0.2) is 4.98 Å². The van der Waals surface area contributed by atoms with E-state index in [0.717, 1.165) is 41.7 Å². The third kappa shape index (κ3) is 4.12. The minimum Gasteiger partial charge on any atom is -0.339 e. The highest BCUT2D eigenvalue weighted by atomic mass is 35.5. The van der Waals surface area contributed by atoms with Crippen molar-refractivity contribution in [3.8, 4) is 10.6 Å². The molecule has 138 valence electrons. The number of likely N-dealkylation sites (N-methyl/N-ethyl adjacent to an activating group) is 1. The second-order valence-electron chi connectivity index (χ2n) is 6.44. The standard InChI is InChI=1S/C18H21N5OS.ClH/c1-12-4-3-5-13(8-12)18-20-14(11-25-18)9-16-21-17(22-24-16)15-10-19-6-7-23(15)2;/h3-5,8,11,15,19H,6-7,9-10H2,1-2H3;1H. The molecule has 1 saturated heterocycles. The summed E-state index contributed by atoms with van der Waals surface area (Å²) in [5.41, 5.74) is 3.35. The van der Waals surface area contributed by atoms with Crippen LogP contribution >= 0.6 is 23.7 Å². The maximum absolute atomic E-state index is 5.45. The fraction of sp³-hybridized carbons (Fsp3) is 0.389. The van der Waals surface area contributed by atoms with Crippen LogP contribution in [0, 0.1) is 6.92 Å². The van der Waals surface area contributed by atoms with Crippen LogP contribution in [0.15, 0.2) is 34.2 Å². The van der Waals surface area contributed by atoms with Crippen LogP contribution in [0.4, 0.5) is 0 Å². The van der Waals surface area contributed by atoms with Gasteiger partial charge >= 0.3 is 0 Å². The average molecular weight is 392 g/mol. The Morgan fingerprint density at radius 2 is 2.23 bits per heavy atom. The summed E-state index contributed by atoms with van der Waals surface area (Å²) in [6.07, 6.45) is 0.569. The summed E-state index contributed by atoms with van der Waals surface area (Å²) in [7, 11) is 2.09. The number of thiazole rings is 1. The van der Waals surface area contributed by atoms with Gasteiger partial charge in [-0.2, -0.15) is 4.98 Å². The Labute approximate surface area is 163 Å². The molecule has 2 aromatic heterocycles. The van der Waals surface area contributed by atoms with E-state index in [2.05, 4.69) is 64.0 Å². The van der Waals surface area contributed by atoms with Crippen LogP contribution < -0.4 is 5.32 Å². The normalized spacial score (nSPS) is 17.8. The number of aromatic nitrogens is 3. The molecule has 3 aromatic rings. The molecule has 0 aliphatic carbocycles. The van der Waals surface area contributed by atoms with E-state index < -0.39 is 0 Å². The van der Waals surface area contributed by atoms with Gasteiger partial charge in [-0.1, -0.05) is 28.9 Å². The van der Waals surface area contributed by atoms with E-state index in [1.54, 1.807) is 11.3 Å². The molecule has 3 heterocycles. The first-order valence-electron chi connectivity index (χ1n) is 8.44. The van der Waals surface area contributed by atoms with Crippen LogP contribution in [0.1, 0.15) is 29.0 Å². The zero-order valence-electron chi connectivity index (χ0n) is 14.8. The number of benzene rings is 1. The fourth-order valence-electron chi connectivity index (χ4n) is 3.02. The van der Waals surface area contributed by atoms with Crippen molar-refractivity contribution < 1.29 is 4.52 Å². The maximum Gasteiger partial charge on any atom is 0.232 e. The molecule has 1 atom stereocenters. The van der Waals surface area contributed by atoms with Gasteiger partial charge in [0.05, 0.1) is 18.2 Å². The van der Waals surface area contributed by atoms with Gasteiger partial charge in [0, 0.05) is 30.6 Å². The van der Waals surface area contributed by atoms with Crippen LogP contribution in [-0.4, -0.2) is 46.7 Å². The van der Waals surface area contributed by atoms with Crippen LogP contribution in [-0.2, 0) is 6.42 Å². The SMILES string of the molecule is Cc1cccc(-c2nc(Cc3nc(C4CNCCN4C)no3)cs2)c1.Cl. The van der Waals surface area contributed by atoms with Crippen molar-refractivity contribution in [2.75, 3.05) is 26.7 Å². The van der Waals surface area contributed by atoms with Crippen LogP contribution in [0.5, 0.6) is 0 Å². The number of piperazine rings is 1. The second kappa shape index (κ2) is 8.26. The summed E-state index contributed by atoms with van der Waals surface area (Å²) in [5, 5.41) is 10.6. The number of halogens is 1. The van der Waals surface area contributed by atoms with Gasteiger partial charge in [0.15, 0.2) is 5.82 Å². The Balaban J connectivity index is 0.00000196. The maximum atomic E-state index is 5.45. The molecule has 1 aliphatic rings. The minimum atomic E-state index is 0. The number of nitrogens with zero attached hydrogens (tertiary/aromatic N) is 4. The first-order chi connectivity index (χ1) is 12.2. The van der Waals surface area contributed by atoms with Gasteiger partial charge in [0.2, 0.25) is 5.89 Å². The van der Waals surface area contributed by atoms with Crippen LogP contribution in [0.25, 0.3) is 10.6 Å². The van der Waals surface area contributed by atoms with Crippen LogP contribution in [0.2, 0.25) is 0 Å². The Morgan fingerprint density at radius 1 is 1.35 bits per heavy atom. The topological polar surface area (TPSA) is 67.1 Å². The third-order valence-electron chi connectivity index (χ3n) is 4.44. The highest BCUT2D eigenvalue weighted by Crippen LogP contribution is 2.25. The van der Waals surface area contributed by atoms with Gasteiger partial charge in [-0.15, -0.1) is 23.7 Å². The number of rotatable bonds is 4. The van der Waals surface area contributed by atoms with E-state index in [-0.39, 0.29) is 18.4 Å². The molecule has 1 aliphatic heterocycles. The summed E-state index contributed by atoms with van der Waals surface area (Å²) in [5.74, 6) is 1.37. The highest BCUT2D eigenvalue weighted by molar-refractivity contribution is 7.13.